The Morgan fingerprint density at radius 3 is 2.19 bits per heavy atom. The van der Waals surface area contributed by atoms with Crippen molar-refractivity contribution in [1.29, 1.82) is 0 Å². The average Bonchev–Trinajstić information content (AvgIpc) is 3.26. The molecule has 0 N–H and O–H groups in total. The highest BCUT2D eigenvalue weighted by atomic mass is 32.1. The van der Waals surface area contributed by atoms with Gasteiger partial charge in [0.2, 0.25) is 5.89 Å². The van der Waals surface area contributed by atoms with Crippen LogP contribution in [-0.4, -0.2) is 45.9 Å². The van der Waals surface area contributed by atoms with Gasteiger partial charge in [0, 0.05) is 50.2 Å². The van der Waals surface area contributed by atoms with Gasteiger partial charge >= 0.3 is 0 Å². The fourth-order valence-corrected chi connectivity index (χ4v) is 3.86. The van der Waals surface area contributed by atoms with Crippen LogP contribution in [0.1, 0.15) is 22.0 Å². The maximum absolute atomic E-state index is 5.68. The number of oxazole rings is 1. The molecule has 0 radical (unpaired) electrons. The number of thiazole rings is 1. The van der Waals surface area contributed by atoms with E-state index >= 15 is 0 Å². The number of rotatable bonds is 5. The minimum Gasteiger partial charge on any atom is -0.444 e. The van der Waals surface area contributed by atoms with E-state index in [1.807, 2.05) is 0 Å². The lowest BCUT2D eigenvalue weighted by molar-refractivity contribution is 0.120. The van der Waals surface area contributed by atoms with E-state index in [0.717, 1.165) is 55.5 Å². The molecule has 1 aromatic carbocycles. The van der Waals surface area contributed by atoms with Crippen LogP contribution in [0.3, 0.4) is 0 Å². The van der Waals surface area contributed by atoms with Crippen molar-refractivity contribution in [3.63, 3.8) is 0 Å². The second kappa shape index (κ2) is 7.70. The lowest BCUT2D eigenvalue weighted by atomic mass is 10.1. The lowest BCUT2D eigenvalue weighted by Crippen LogP contribution is -2.45. The predicted molar refractivity (Wildman–Crippen MR) is 104 cm³/mol. The highest BCUT2D eigenvalue weighted by Gasteiger charge is 2.19. The van der Waals surface area contributed by atoms with Gasteiger partial charge in [0.1, 0.15) is 6.26 Å². The first-order chi connectivity index (χ1) is 12.7. The third kappa shape index (κ3) is 4.20. The van der Waals surface area contributed by atoms with Gasteiger partial charge in [-0.05, 0) is 26.0 Å². The number of benzene rings is 1. The number of aryl methyl sites for hydroxylation is 2. The molecule has 0 spiro atoms. The summed E-state index contributed by atoms with van der Waals surface area (Å²) < 4.78 is 5.68. The number of piperazine rings is 1. The molecule has 4 rings (SSSR count). The molecular weight excluding hydrogens is 344 g/mol. The van der Waals surface area contributed by atoms with Crippen molar-refractivity contribution in [1.82, 2.24) is 19.8 Å². The third-order valence-electron chi connectivity index (χ3n) is 4.75. The summed E-state index contributed by atoms with van der Waals surface area (Å²) in [5.74, 6) is 0.706. The summed E-state index contributed by atoms with van der Waals surface area (Å²) in [4.78, 5) is 14.2. The van der Waals surface area contributed by atoms with Crippen molar-refractivity contribution in [2.45, 2.75) is 26.9 Å². The Morgan fingerprint density at radius 1 is 0.923 bits per heavy atom. The smallest absolute Gasteiger partial charge is 0.226 e. The second-order valence-corrected chi connectivity index (χ2v) is 7.98. The largest absolute Gasteiger partial charge is 0.444 e. The Balaban J connectivity index is 1.30. The van der Waals surface area contributed by atoms with E-state index < -0.39 is 0 Å². The molecule has 0 atom stereocenters. The fraction of sp³-hybridized carbons (Fsp3) is 0.400. The Kier molecular flexibility index (Phi) is 5.15. The van der Waals surface area contributed by atoms with Crippen LogP contribution in [0.4, 0.5) is 0 Å². The summed E-state index contributed by atoms with van der Waals surface area (Å²) in [5, 5.41) is 3.32. The van der Waals surface area contributed by atoms with Crippen LogP contribution in [0.5, 0.6) is 0 Å². The summed E-state index contributed by atoms with van der Waals surface area (Å²) in [5.41, 5.74) is 4.47. The normalized spacial score (nSPS) is 16.2. The zero-order valence-corrected chi connectivity index (χ0v) is 16.1. The van der Waals surface area contributed by atoms with Gasteiger partial charge in [-0.1, -0.05) is 17.7 Å². The number of aromatic nitrogens is 2. The molecule has 26 heavy (non-hydrogen) atoms. The van der Waals surface area contributed by atoms with E-state index in [2.05, 4.69) is 63.3 Å². The van der Waals surface area contributed by atoms with Gasteiger partial charge in [-0.15, -0.1) is 11.3 Å². The molecule has 2 aromatic heterocycles. The monoisotopic (exact) mass is 368 g/mol. The van der Waals surface area contributed by atoms with Crippen LogP contribution in [0.25, 0.3) is 11.5 Å². The zero-order chi connectivity index (χ0) is 17.9. The maximum Gasteiger partial charge on any atom is 0.226 e. The molecule has 1 saturated heterocycles. The van der Waals surface area contributed by atoms with Crippen molar-refractivity contribution >= 4 is 11.3 Å². The highest BCUT2D eigenvalue weighted by molar-refractivity contribution is 7.09. The Bertz CT molecular complexity index is 847. The van der Waals surface area contributed by atoms with E-state index in [9.17, 15) is 0 Å². The molecule has 1 aliphatic heterocycles. The molecule has 0 saturated carbocycles. The predicted octanol–water partition coefficient (Wildman–Crippen LogP) is 3.73. The molecule has 5 nitrogen and oxygen atoms in total. The van der Waals surface area contributed by atoms with Crippen molar-refractivity contribution in [3.05, 3.63) is 57.9 Å². The summed E-state index contributed by atoms with van der Waals surface area (Å²) in [6, 6.07) is 8.29. The van der Waals surface area contributed by atoms with Crippen LogP contribution in [0, 0.1) is 13.8 Å². The van der Waals surface area contributed by atoms with Crippen molar-refractivity contribution in [2.75, 3.05) is 26.2 Å². The molecule has 0 unspecified atom stereocenters. The van der Waals surface area contributed by atoms with Crippen LogP contribution >= 0.6 is 11.3 Å². The van der Waals surface area contributed by atoms with E-state index in [-0.39, 0.29) is 0 Å². The topological polar surface area (TPSA) is 45.4 Å². The molecule has 0 aliphatic carbocycles. The van der Waals surface area contributed by atoms with E-state index in [0.29, 0.717) is 5.89 Å². The van der Waals surface area contributed by atoms with Crippen LogP contribution in [-0.2, 0) is 13.1 Å². The fourth-order valence-electron chi connectivity index (χ4n) is 3.25. The molecule has 1 aliphatic rings. The molecule has 6 heteroatoms. The van der Waals surface area contributed by atoms with Gasteiger partial charge in [0.05, 0.1) is 16.4 Å². The summed E-state index contributed by atoms with van der Waals surface area (Å²) in [7, 11) is 0. The van der Waals surface area contributed by atoms with E-state index in [4.69, 9.17) is 4.42 Å². The summed E-state index contributed by atoms with van der Waals surface area (Å²) in [6.07, 6.45) is 1.79. The SMILES string of the molecule is Cc1ccc(-c2nc(CN3CCN(Cc4csc(C)n4)CC3)co2)cc1. The third-order valence-corrected chi connectivity index (χ3v) is 5.58. The first-order valence-corrected chi connectivity index (χ1v) is 9.91. The Morgan fingerprint density at radius 2 is 1.58 bits per heavy atom. The molecule has 0 amide bonds. The van der Waals surface area contributed by atoms with Gasteiger partial charge in [0.15, 0.2) is 0 Å². The van der Waals surface area contributed by atoms with Crippen LogP contribution < -0.4 is 0 Å². The molecular formula is C20H24N4OS. The van der Waals surface area contributed by atoms with Crippen molar-refractivity contribution in [2.24, 2.45) is 0 Å². The molecule has 3 aromatic rings. The van der Waals surface area contributed by atoms with Crippen molar-refractivity contribution in [3.8, 4) is 11.5 Å². The number of nitrogens with zero attached hydrogens (tertiary/aromatic N) is 4. The van der Waals surface area contributed by atoms with Gasteiger partial charge in [-0.3, -0.25) is 9.80 Å². The minimum absolute atomic E-state index is 0.706. The maximum atomic E-state index is 5.68. The van der Waals surface area contributed by atoms with Crippen molar-refractivity contribution < 1.29 is 4.42 Å². The first kappa shape index (κ1) is 17.4. The average molecular weight is 369 g/mol. The second-order valence-electron chi connectivity index (χ2n) is 6.92. The number of hydrogen-bond donors (Lipinski definition) is 0. The lowest BCUT2D eigenvalue weighted by Gasteiger charge is -2.33. The highest BCUT2D eigenvalue weighted by Crippen LogP contribution is 2.20. The van der Waals surface area contributed by atoms with Gasteiger partial charge in [-0.25, -0.2) is 9.97 Å². The van der Waals surface area contributed by atoms with E-state index in [1.165, 1.54) is 11.3 Å². The summed E-state index contributed by atoms with van der Waals surface area (Å²) in [6.45, 7) is 10.2. The van der Waals surface area contributed by atoms with Crippen LogP contribution in [0.15, 0.2) is 40.3 Å². The molecule has 1 fully saturated rings. The quantitative estimate of drug-likeness (QED) is 0.687. The van der Waals surface area contributed by atoms with E-state index in [1.54, 1.807) is 17.6 Å². The molecule has 0 bridgehead atoms. The Labute approximate surface area is 158 Å². The number of hydrogen-bond acceptors (Lipinski definition) is 6. The summed E-state index contributed by atoms with van der Waals surface area (Å²) >= 11 is 1.73. The minimum atomic E-state index is 0.706. The molecule has 136 valence electrons. The standard InChI is InChI=1S/C20H24N4OS/c1-15-3-5-17(6-4-15)20-22-18(13-25-20)11-23-7-9-24(10-8-23)12-19-14-26-16(2)21-19/h3-6,13-14H,7-12H2,1-2H3. The van der Waals surface area contributed by atoms with Gasteiger partial charge in [-0.2, -0.15) is 0 Å². The first-order valence-electron chi connectivity index (χ1n) is 9.03. The van der Waals surface area contributed by atoms with Gasteiger partial charge in [0.25, 0.3) is 0 Å². The Hall–Kier alpha value is -2.02. The zero-order valence-electron chi connectivity index (χ0n) is 15.3. The van der Waals surface area contributed by atoms with Gasteiger partial charge < -0.3 is 4.42 Å². The molecule has 3 heterocycles. The van der Waals surface area contributed by atoms with Crippen LogP contribution in [0.2, 0.25) is 0 Å².